The Bertz CT molecular complexity index is 936. The highest BCUT2D eigenvalue weighted by atomic mass is 35.5. The molecule has 154 valence electrons. The Kier molecular flexibility index (Phi) is 6.56. The predicted molar refractivity (Wildman–Crippen MR) is 116 cm³/mol. The largest absolute Gasteiger partial charge is 0.507 e. The first-order valence-corrected chi connectivity index (χ1v) is 9.29. The molecule has 2 aliphatic rings. The number of nitrogens with zero attached hydrogens (tertiary/aromatic N) is 6. The number of aromatic hydroxyl groups is 1. The number of nitrogens with one attached hydrogen (secondary N) is 1. The van der Waals surface area contributed by atoms with Crippen molar-refractivity contribution in [2.45, 2.75) is 18.9 Å². The lowest BCUT2D eigenvalue weighted by Crippen LogP contribution is -2.50. The number of anilines is 1. The minimum absolute atomic E-state index is 0. The molecule has 0 aliphatic carbocycles. The van der Waals surface area contributed by atoms with Gasteiger partial charge in [0.2, 0.25) is 5.95 Å². The second-order valence-corrected chi connectivity index (χ2v) is 7.14. The number of phenols is 1. The van der Waals surface area contributed by atoms with Crippen molar-refractivity contribution in [3.63, 3.8) is 0 Å². The zero-order valence-electron chi connectivity index (χ0n) is 15.7. The van der Waals surface area contributed by atoms with Crippen LogP contribution >= 0.6 is 24.8 Å². The lowest BCUT2D eigenvalue weighted by Gasteiger charge is -2.37. The van der Waals surface area contributed by atoms with E-state index < -0.39 is 0 Å². The van der Waals surface area contributed by atoms with Crippen molar-refractivity contribution in [3.8, 4) is 28.1 Å². The Morgan fingerprint density at radius 1 is 1.03 bits per heavy atom. The highest BCUT2D eigenvalue weighted by Crippen LogP contribution is 2.32. The van der Waals surface area contributed by atoms with Gasteiger partial charge in [0.05, 0.1) is 12.4 Å². The molecule has 2 aliphatic heterocycles. The van der Waals surface area contributed by atoms with Gasteiger partial charge in [0, 0.05) is 43.0 Å². The lowest BCUT2D eigenvalue weighted by molar-refractivity contribution is 0.229. The van der Waals surface area contributed by atoms with E-state index >= 15 is 0 Å². The zero-order valence-corrected chi connectivity index (χ0v) is 17.4. The normalized spacial score (nSPS) is 18.6. The van der Waals surface area contributed by atoms with Crippen LogP contribution in [0.25, 0.3) is 22.4 Å². The van der Waals surface area contributed by atoms with Crippen LogP contribution in [0.2, 0.25) is 0 Å². The van der Waals surface area contributed by atoms with Crippen molar-refractivity contribution in [2.75, 3.05) is 31.1 Å². The van der Waals surface area contributed by atoms with E-state index in [1.165, 1.54) is 19.4 Å². The van der Waals surface area contributed by atoms with Crippen LogP contribution in [-0.4, -0.2) is 67.6 Å². The maximum absolute atomic E-state index is 10.4. The molecule has 4 heterocycles. The number of piperazine rings is 1. The van der Waals surface area contributed by atoms with Crippen LogP contribution in [0, 0.1) is 0 Å². The molecule has 2 saturated heterocycles. The molecule has 3 aromatic rings. The average molecular weight is 436 g/mol. The van der Waals surface area contributed by atoms with Crippen LogP contribution < -0.4 is 4.90 Å². The van der Waals surface area contributed by atoms with Crippen molar-refractivity contribution >= 4 is 30.8 Å². The van der Waals surface area contributed by atoms with Gasteiger partial charge in [-0.3, -0.25) is 10.00 Å². The summed E-state index contributed by atoms with van der Waals surface area (Å²) in [5.41, 5.74) is 2.99. The first-order valence-electron chi connectivity index (χ1n) is 9.29. The molecule has 8 nitrogen and oxygen atoms in total. The third-order valence-electron chi connectivity index (χ3n) is 5.52. The molecule has 2 N–H and O–H groups in total. The number of rotatable bonds is 3. The predicted octanol–water partition coefficient (Wildman–Crippen LogP) is 2.76. The Balaban J connectivity index is 0.00000120. The van der Waals surface area contributed by atoms with Gasteiger partial charge in [0.25, 0.3) is 0 Å². The Hall–Kier alpha value is -2.42. The summed E-state index contributed by atoms with van der Waals surface area (Å²) >= 11 is 0. The smallest absolute Gasteiger partial charge is 0.245 e. The minimum atomic E-state index is 0. The number of halogens is 2. The molecule has 1 atom stereocenters. The van der Waals surface area contributed by atoms with Crippen LogP contribution in [-0.2, 0) is 0 Å². The summed E-state index contributed by atoms with van der Waals surface area (Å²) in [5, 5.41) is 25.8. The molecule has 0 bridgehead atoms. The van der Waals surface area contributed by atoms with Gasteiger partial charge in [-0.15, -0.1) is 35.0 Å². The van der Waals surface area contributed by atoms with Gasteiger partial charge in [-0.25, -0.2) is 4.98 Å². The van der Waals surface area contributed by atoms with Crippen molar-refractivity contribution in [2.24, 2.45) is 0 Å². The maximum atomic E-state index is 10.4. The Labute approximate surface area is 181 Å². The molecular weight excluding hydrogens is 413 g/mol. The van der Waals surface area contributed by atoms with E-state index in [-0.39, 0.29) is 30.6 Å². The van der Waals surface area contributed by atoms with Gasteiger partial charge < -0.3 is 10.0 Å². The van der Waals surface area contributed by atoms with E-state index in [4.69, 9.17) is 0 Å². The van der Waals surface area contributed by atoms with E-state index in [0.717, 1.165) is 30.8 Å². The monoisotopic (exact) mass is 435 g/mol. The van der Waals surface area contributed by atoms with Crippen LogP contribution in [0.3, 0.4) is 0 Å². The van der Waals surface area contributed by atoms with Gasteiger partial charge in [0.15, 0.2) is 0 Å². The van der Waals surface area contributed by atoms with Gasteiger partial charge in [-0.1, -0.05) is 6.07 Å². The SMILES string of the molecule is Cl.Cl.Oc1cc(-c2cn[nH]c2)ccc1-c1cnc(N2CCN3CCC[C@H]3C2)nn1. The number of aromatic amines is 1. The molecule has 1 aromatic carbocycles. The standard InChI is InChI=1S/C19H21N7O.2ClH/c27-18-8-13(14-9-21-22-10-14)3-4-16(18)17-11-20-19(24-23-17)26-7-6-25-5-1-2-15(25)12-26;;/h3-4,8-11,15,27H,1-2,5-7,12H2,(H,21,22);2*1H/t15-;;/m0../s1. The average Bonchev–Trinajstić information content (AvgIpc) is 3.39. The number of hydrogen-bond acceptors (Lipinski definition) is 7. The quantitative estimate of drug-likeness (QED) is 0.652. The summed E-state index contributed by atoms with van der Waals surface area (Å²) < 4.78 is 0. The minimum Gasteiger partial charge on any atom is -0.507 e. The molecule has 10 heteroatoms. The summed E-state index contributed by atoms with van der Waals surface area (Å²) in [7, 11) is 0. The fourth-order valence-corrected chi connectivity index (χ4v) is 4.05. The van der Waals surface area contributed by atoms with Gasteiger partial charge in [-0.05, 0) is 37.1 Å². The topological polar surface area (TPSA) is 94.1 Å². The summed E-state index contributed by atoms with van der Waals surface area (Å²) in [6.45, 7) is 4.17. The first-order chi connectivity index (χ1) is 13.3. The number of H-pyrrole nitrogens is 1. The third-order valence-corrected chi connectivity index (χ3v) is 5.52. The lowest BCUT2D eigenvalue weighted by atomic mass is 10.0. The van der Waals surface area contributed by atoms with Gasteiger partial charge in [-0.2, -0.15) is 5.10 Å². The summed E-state index contributed by atoms with van der Waals surface area (Å²) in [4.78, 5) is 9.28. The number of aromatic nitrogens is 5. The third kappa shape index (κ3) is 4.14. The molecule has 0 saturated carbocycles. The fourth-order valence-electron chi connectivity index (χ4n) is 4.05. The number of phenolic OH excluding ortho intramolecular Hbond substituents is 1. The highest BCUT2D eigenvalue weighted by Gasteiger charge is 2.31. The van der Waals surface area contributed by atoms with Crippen molar-refractivity contribution in [1.29, 1.82) is 0 Å². The molecule has 2 fully saturated rings. The molecule has 0 spiro atoms. The highest BCUT2D eigenvalue weighted by molar-refractivity contribution is 5.85. The Morgan fingerprint density at radius 2 is 1.93 bits per heavy atom. The summed E-state index contributed by atoms with van der Waals surface area (Å²) in [6, 6.07) is 6.08. The van der Waals surface area contributed by atoms with E-state index in [0.29, 0.717) is 23.2 Å². The molecule has 0 unspecified atom stereocenters. The first kappa shape index (κ1) is 21.3. The molecular formula is C19H23Cl2N7O. The van der Waals surface area contributed by atoms with E-state index in [1.54, 1.807) is 24.7 Å². The van der Waals surface area contributed by atoms with Crippen LogP contribution in [0.5, 0.6) is 5.75 Å². The van der Waals surface area contributed by atoms with Gasteiger partial charge in [0.1, 0.15) is 11.4 Å². The summed E-state index contributed by atoms with van der Waals surface area (Å²) in [6.07, 6.45) is 7.73. The van der Waals surface area contributed by atoms with Gasteiger partial charge >= 0.3 is 0 Å². The van der Waals surface area contributed by atoms with Crippen LogP contribution in [0.1, 0.15) is 12.8 Å². The fraction of sp³-hybridized carbons (Fsp3) is 0.368. The van der Waals surface area contributed by atoms with Crippen molar-refractivity contribution in [1.82, 2.24) is 30.3 Å². The van der Waals surface area contributed by atoms with Crippen LogP contribution in [0.15, 0.2) is 36.8 Å². The van der Waals surface area contributed by atoms with Crippen molar-refractivity contribution in [3.05, 3.63) is 36.8 Å². The molecule has 0 amide bonds. The number of hydrogen-bond donors (Lipinski definition) is 2. The van der Waals surface area contributed by atoms with E-state index in [9.17, 15) is 5.11 Å². The molecule has 2 aromatic heterocycles. The number of fused-ring (bicyclic) bond motifs is 1. The van der Waals surface area contributed by atoms with Crippen LogP contribution in [0.4, 0.5) is 5.95 Å². The second-order valence-electron chi connectivity index (χ2n) is 7.14. The zero-order chi connectivity index (χ0) is 18.2. The van der Waals surface area contributed by atoms with Crippen molar-refractivity contribution < 1.29 is 5.11 Å². The van der Waals surface area contributed by atoms with E-state index in [1.807, 2.05) is 12.1 Å². The molecule has 5 rings (SSSR count). The number of benzene rings is 1. The molecule has 29 heavy (non-hydrogen) atoms. The second kappa shape index (κ2) is 8.94. The molecule has 0 radical (unpaired) electrons. The maximum Gasteiger partial charge on any atom is 0.245 e. The Morgan fingerprint density at radius 3 is 2.66 bits per heavy atom. The van der Waals surface area contributed by atoms with E-state index in [2.05, 4.69) is 35.2 Å². The summed E-state index contributed by atoms with van der Waals surface area (Å²) in [5.74, 6) is 0.817.